The lowest BCUT2D eigenvalue weighted by Crippen LogP contribution is -2.09. The van der Waals surface area contributed by atoms with Gasteiger partial charge in [-0.2, -0.15) is 0 Å². The third-order valence-electron chi connectivity index (χ3n) is 3.84. The number of hydrogen-bond donors (Lipinski definition) is 1. The Morgan fingerprint density at radius 1 is 1.08 bits per heavy atom. The molecule has 0 fully saturated rings. The van der Waals surface area contributed by atoms with Gasteiger partial charge in [0, 0.05) is 5.57 Å². The molecule has 0 heterocycles. The molecule has 1 N–H and O–H groups in total. The minimum absolute atomic E-state index is 0.0942. The summed E-state index contributed by atoms with van der Waals surface area (Å²) >= 11 is 0. The van der Waals surface area contributed by atoms with Crippen molar-refractivity contribution in [3.05, 3.63) is 70.3 Å². The molecule has 0 saturated carbocycles. The van der Waals surface area contributed by atoms with Gasteiger partial charge in [0.2, 0.25) is 0 Å². The van der Waals surface area contributed by atoms with E-state index in [1.807, 2.05) is 56.3 Å². The van der Waals surface area contributed by atoms with E-state index in [0.29, 0.717) is 6.61 Å². The molecule has 2 aromatic rings. The molecule has 136 valence electrons. The number of carboxylic acids is 1. The molecular weight excluding hydrogens is 332 g/mol. The van der Waals surface area contributed by atoms with Crippen LogP contribution in [-0.2, 0) is 20.9 Å². The summed E-state index contributed by atoms with van der Waals surface area (Å²) in [5.41, 5.74) is 3.72. The van der Waals surface area contributed by atoms with E-state index >= 15 is 0 Å². The van der Waals surface area contributed by atoms with Gasteiger partial charge < -0.3 is 14.6 Å². The largest absolute Gasteiger partial charge is 0.488 e. The van der Waals surface area contributed by atoms with Crippen LogP contribution in [0.5, 0.6) is 5.75 Å². The number of hydrogen-bond acceptors (Lipinski definition) is 4. The average Bonchev–Trinajstić information content (AvgIpc) is 2.60. The molecular formula is C21H22O5. The van der Waals surface area contributed by atoms with E-state index in [2.05, 4.69) is 4.74 Å². The van der Waals surface area contributed by atoms with Crippen LogP contribution in [0.15, 0.2) is 48.0 Å². The highest BCUT2D eigenvalue weighted by Gasteiger charge is 2.15. The topological polar surface area (TPSA) is 72.8 Å². The first kappa shape index (κ1) is 19.2. The molecule has 0 aromatic heterocycles. The molecule has 0 aliphatic heterocycles. The highest BCUT2D eigenvalue weighted by molar-refractivity contribution is 5.98. The van der Waals surface area contributed by atoms with Crippen LogP contribution in [0.1, 0.15) is 28.7 Å². The van der Waals surface area contributed by atoms with Crippen LogP contribution in [0.25, 0.3) is 6.08 Å². The summed E-state index contributed by atoms with van der Waals surface area (Å²) < 4.78 is 10.6. The molecule has 0 amide bonds. The van der Waals surface area contributed by atoms with Gasteiger partial charge in [-0.1, -0.05) is 30.3 Å². The van der Waals surface area contributed by atoms with Gasteiger partial charge in [0.25, 0.3) is 0 Å². The van der Waals surface area contributed by atoms with Crippen molar-refractivity contribution in [2.45, 2.75) is 26.9 Å². The number of aryl methyl sites for hydroxylation is 2. The molecule has 5 heteroatoms. The van der Waals surface area contributed by atoms with Crippen molar-refractivity contribution in [3.8, 4) is 5.75 Å². The molecule has 0 aliphatic rings. The lowest BCUT2D eigenvalue weighted by Gasteiger charge is -2.14. The van der Waals surface area contributed by atoms with Gasteiger partial charge in [0.15, 0.2) is 0 Å². The first-order valence-electron chi connectivity index (χ1n) is 8.19. The van der Waals surface area contributed by atoms with Crippen LogP contribution in [0.3, 0.4) is 0 Å². The zero-order valence-corrected chi connectivity index (χ0v) is 15.1. The maximum Gasteiger partial charge on any atom is 0.334 e. The molecule has 0 radical (unpaired) electrons. The summed E-state index contributed by atoms with van der Waals surface area (Å²) in [4.78, 5) is 22.7. The van der Waals surface area contributed by atoms with Crippen LogP contribution < -0.4 is 4.74 Å². The third kappa shape index (κ3) is 5.21. The van der Waals surface area contributed by atoms with Crippen molar-refractivity contribution in [2.24, 2.45) is 0 Å². The normalized spacial score (nSPS) is 11.1. The fraction of sp³-hybridized carbons (Fsp3) is 0.238. The van der Waals surface area contributed by atoms with Gasteiger partial charge in [0.05, 0.1) is 13.5 Å². The van der Waals surface area contributed by atoms with Crippen LogP contribution >= 0.6 is 0 Å². The third-order valence-corrected chi connectivity index (χ3v) is 3.84. The van der Waals surface area contributed by atoms with Crippen molar-refractivity contribution in [1.29, 1.82) is 0 Å². The van der Waals surface area contributed by atoms with Gasteiger partial charge in [0.1, 0.15) is 12.4 Å². The maximum atomic E-state index is 11.8. The van der Waals surface area contributed by atoms with Gasteiger partial charge >= 0.3 is 11.9 Å². The van der Waals surface area contributed by atoms with Crippen molar-refractivity contribution in [3.63, 3.8) is 0 Å². The molecule has 26 heavy (non-hydrogen) atoms. The lowest BCUT2D eigenvalue weighted by atomic mass is 10.0. The molecule has 5 nitrogen and oxygen atoms in total. The number of aliphatic carboxylic acids is 1. The smallest absolute Gasteiger partial charge is 0.334 e. The van der Waals surface area contributed by atoms with Crippen molar-refractivity contribution in [1.82, 2.24) is 0 Å². The highest BCUT2D eigenvalue weighted by Crippen LogP contribution is 2.27. The number of benzene rings is 2. The Balaban J connectivity index is 2.25. The zero-order valence-electron chi connectivity index (χ0n) is 15.1. The fourth-order valence-electron chi connectivity index (χ4n) is 2.70. The molecule has 0 unspecified atom stereocenters. The fourth-order valence-corrected chi connectivity index (χ4v) is 2.70. The highest BCUT2D eigenvalue weighted by atomic mass is 16.5. The molecule has 0 bridgehead atoms. The van der Waals surface area contributed by atoms with E-state index in [1.165, 1.54) is 7.11 Å². The first-order chi connectivity index (χ1) is 12.4. The summed E-state index contributed by atoms with van der Waals surface area (Å²) in [7, 11) is 1.23. The molecule has 0 spiro atoms. The zero-order chi connectivity index (χ0) is 19.1. The lowest BCUT2D eigenvalue weighted by molar-refractivity contribution is -0.141. The number of carbonyl (C=O) groups excluding carboxylic acids is 1. The van der Waals surface area contributed by atoms with E-state index < -0.39 is 18.4 Å². The van der Waals surface area contributed by atoms with Crippen LogP contribution in [-0.4, -0.2) is 24.2 Å². The Bertz CT molecular complexity index is 799. The van der Waals surface area contributed by atoms with Gasteiger partial charge in [-0.05, 0) is 54.3 Å². The number of rotatable bonds is 7. The van der Waals surface area contributed by atoms with Crippen molar-refractivity contribution in [2.75, 3.05) is 7.11 Å². The Morgan fingerprint density at radius 3 is 2.23 bits per heavy atom. The van der Waals surface area contributed by atoms with Crippen molar-refractivity contribution < 1.29 is 24.2 Å². The van der Waals surface area contributed by atoms with E-state index in [0.717, 1.165) is 28.0 Å². The van der Waals surface area contributed by atoms with E-state index in [4.69, 9.17) is 9.84 Å². The summed E-state index contributed by atoms with van der Waals surface area (Å²) in [6, 6.07) is 13.6. The number of ether oxygens (including phenoxy) is 2. The monoisotopic (exact) mass is 354 g/mol. The molecule has 0 saturated heterocycles. The minimum Gasteiger partial charge on any atom is -0.488 e. The standard InChI is InChI=1S/C21H22O5/c1-14-9-17(11-18(12-19(22)23)21(24)25-3)10-15(2)20(14)26-13-16-7-5-4-6-8-16/h4-11H,12-13H2,1-3H3,(H,22,23). The molecule has 2 rings (SSSR count). The van der Waals surface area contributed by atoms with E-state index in [9.17, 15) is 9.59 Å². The number of carboxylic acid groups (broad SMARTS) is 1. The van der Waals surface area contributed by atoms with Crippen molar-refractivity contribution >= 4 is 18.0 Å². The second-order valence-corrected chi connectivity index (χ2v) is 5.99. The molecule has 2 aromatic carbocycles. The SMILES string of the molecule is COC(=O)C(=Cc1cc(C)c(OCc2ccccc2)c(C)c1)CC(=O)O. The predicted molar refractivity (Wildman–Crippen MR) is 98.9 cm³/mol. The Hall–Kier alpha value is -3.08. The van der Waals surface area contributed by atoms with E-state index in [1.54, 1.807) is 6.08 Å². The summed E-state index contributed by atoms with van der Waals surface area (Å²) in [6.07, 6.45) is 1.15. The first-order valence-corrected chi connectivity index (χ1v) is 8.19. The Morgan fingerprint density at radius 2 is 1.69 bits per heavy atom. The van der Waals surface area contributed by atoms with E-state index in [-0.39, 0.29) is 5.57 Å². The second kappa shape index (κ2) is 8.85. The Labute approximate surface area is 152 Å². The van der Waals surface area contributed by atoms with Crippen LogP contribution in [0.2, 0.25) is 0 Å². The minimum atomic E-state index is -1.09. The van der Waals surface area contributed by atoms with Gasteiger partial charge in [-0.3, -0.25) is 4.79 Å². The molecule has 0 atom stereocenters. The van der Waals surface area contributed by atoms with Gasteiger partial charge in [-0.25, -0.2) is 4.79 Å². The second-order valence-electron chi connectivity index (χ2n) is 5.99. The summed E-state index contributed by atoms with van der Waals surface area (Å²) in [6.45, 7) is 4.30. The maximum absolute atomic E-state index is 11.8. The number of carbonyl (C=O) groups is 2. The average molecular weight is 354 g/mol. The van der Waals surface area contributed by atoms with Gasteiger partial charge in [-0.15, -0.1) is 0 Å². The predicted octanol–water partition coefficient (Wildman–Crippen LogP) is 3.91. The number of methoxy groups -OCH3 is 1. The summed E-state index contributed by atoms with van der Waals surface area (Å²) in [5.74, 6) is -0.950. The number of esters is 1. The Kier molecular flexibility index (Phi) is 6.55. The quantitative estimate of drug-likeness (QED) is 0.603. The van der Waals surface area contributed by atoms with Crippen LogP contribution in [0.4, 0.5) is 0 Å². The summed E-state index contributed by atoms with van der Waals surface area (Å²) in [5, 5.41) is 8.97. The molecule has 0 aliphatic carbocycles. The van der Waals surface area contributed by atoms with Crippen LogP contribution in [0, 0.1) is 13.8 Å².